The number of rotatable bonds is 3. The van der Waals surface area contributed by atoms with Crippen molar-refractivity contribution < 1.29 is 17.9 Å². The Bertz CT molecular complexity index is 395. The third-order valence-electron chi connectivity index (χ3n) is 1.80. The molecular formula is C11H10F3NO. The van der Waals surface area contributed by atoms with E-state index in [4.69, 9.17) is 16.9 Å². The molecule has 2 nitrogen and oxygen atoms in total. The molecule has 0 saturated carbocycles. The number of ether oxygens (including phenoxy) is 1. The minimum absolute atomic E-state index is 0.0161. The van der Waals surface area contributed by atoms with Gasteiger partial charge >= 0.3 is 6.18 Å². The highest BCUT2D eigenvalue weighted by Gasteiger charge is 2.30. The van der Waals surface area contributed by atoms with E-state index in [0.29, 0.717) is 0 Å². The van der Waals surface area contributed by atoms with E-state index in [2.05, 4.69) is 5.92 Å². The predicted octanol–water partition coefficient (Wildman–Crippen LogP) is 2.04. The molecule has 1 atom stereocenters. The second-order valence-corrected chi connectivity index (χ2v) is 3.11. The minimum Gasteiger partial charge on any atom is -0.491 e. The third-order valence-corrected chi connectivity index (χ3v) is 1.80. The molecule has 0 spiro atoms. The second kappa shape index (κ2) is 4.90. The molecule has 0 unspecified atom stereocenters. The van der Waals surface area contributed by atoms with Gasteiger partial charge in [0.15, 0.2) is 0 Å². The molecule has 1 aromatic rings. The quantitative estimate of drug-likeness (QED) is 0.805. The molecule has 0 fully saturated rings. The lowest BCUT2D eigenvalue weighted by Gasteiger charge is -2.11. The molecule has 0 aliphatic carbocycles. The van der Waals surface area contributed by atoms with Crippen LogP contribution < -0.4 is 10.5 Å². The highest BCUT2D eigenvalue weighted by Crippen LogP contribution is 2.31. The van der Waals surface area contributed by atoms with Crippen LogP contribution in [0.25, 0.3) is 0 Å². The number of hydrogen-bond acceptors (Lipinski definition) is 2. The van der Waals surface area contributed by atoms with Crippen LogP contribution in [0.2, 0.25) is 0 Å². The Morgan fingerprint density at radius 3 is 2.69 bits per heavy atom. The molecular weight excluding hydrogens is 219 g/mol. The van der Waals surface area contributed by atoms with Crippen molar-refractivity contribution in [1.29, 1.82) is 0 Å². The third kappa shape index (κ3) is 3.48. The van der Waals surface area contributed by atoms with Crippen molar-refractivity contribution in [3.63, 3.8) is 0 Å². The molecule has 1 rings (SSSR count). The molecule has 0 aliphatic rings. The van der Waals surface area contributed by atoms with E-state index in [-0.39, 0.29) is 12.4 Å². The standard InChI is InChI=1S/C11H10F3NO/c1-2-9(15)7-16-10-5-3-4-8(6-10)11(12,13)14/h1,3-6,9H,7,15H2/t9-/m0/s1. The Hall–Kier alpha value is -1.67. The Balaban J connectivity index is 2.73. The Morgan fingerprint density at radius 2 is 2.12 bits per heavy atom. The van der Waals surface area contributed by atoms with E-state index in [1.165, 1.54) is 12.1 Å². The lowest BCUT2D eigenvalue weighted by molar-refractivity contribution is -0.137. The fourth-order valence-corrected chi connectivity index (χ4v) is 0.996. The lowest BCUT2D eigenvalue weighted by Crippen LogP contribution is -2.25. The maximum Gasteiger partial charge on any atom is 0.416 e. The van der Waals surface area contributed by atoms with Crippen LogP contribution in [0.1, 0.15) is 5.56 Å². The van der Waals surface area contributed by atoms with Gasteiger partial charge in [-0.25, -0.2) is 0 Å². The molecule has 0 radical (unpaired) electrons. The normalized spacial score (nSPS) is 12.9. The van der Waals surface area contributed by atoms with E-state index in [0.717, 1.165) is 12.1 Å². The second-order valence-electron chi connectivity index (χ2n) is 3.11. The molecule has 5 heteroatoms. The summed E-state index contributed by atoms with van der Waals surface area (Å²) in [6, 6.07) is 3.92. The zero-order valence-corrected chi connectivity index (χ0v) is 8.29. The van der Waals surface area contributed by atoms with Crippen LogP contribution in [0.3, 0.4) is 0 Å². The van der Waals surface area contributed by atoms with Crippen LogP contribution in [-0.4, -0.2) is 12.6 Å². The van der Waals surface area contributed by atoms with Crippen LogP contribution >= 0.6 is 0 Å². The first-order chi connectivity index (χ1) is 7.43. The molecule has 1 aromatic carbocycles. The molecule has 0 bridgehead atoms. The van der Waals surface area contributed by atoms with Crippen molar-refractivity contribution in [3.05, 3.63) is 29.8 Å². The SMILES string of the molecule is C#C[C@H](N)COc1cccc(C(F)(F)F)c1. The largest absolute Gasteiger partial charge is 0.491 e. The number of alkyl halides is 3. The van der Waals surface area contributed by atoms with E-state index in [9.17, 15) is 13.2 Å². The molecule has 86 valence electrons. The number of hydrogen-bond donors (Lipinski definition) is 1. The summed E-state index contributed by atoms with van der Waals surface area (Å²) < 4.78 is 42.0. The van der Waals surface area contributed by atoms with Gasteiger partial charge in [0.2, 0.25) is 0 Å². The summed E-state index contributed by atoms with van der Waals surface area (Å²) in [4.78, 5) is 0. The number of nitrogens with two attached hydrogens (primary N) is 1. The lowest BCUT2D eigenvalue weighted by atomic mass is 10.2. The summed E-state index contributed by atoms with van der Waals surface area (Å²) in [5, 5.41) is 0. The highest BCUT2D eigenvalue weighted by molar-refractivity contribution is 5.30. The maximum absolute atomic E-state index is 12.3. The number of benzene rings is 1. The molecule has 2 N–H and O–H groups in total. The molecule has 16 heavy (non-hydrogen) atoms. The average Bonchev–Trinajstić information content (AvgIpc) is 2.25. The number of halogens is 3. The smallest absolute Gasteiger partial charge is 0.416 e. The van der Waals surface area contributed by atoms with Gasteiger partial charge in [0.25, 0.3) is 0 Å². The number of terminal acetylenes is 1. The first kappa shape index (κ1) is 12.4. The first-order valence-corrected chi connectivity index (χ1v) is 4.45. The predicted molar refractivity (Wildman–Crippen MR) is 53.7 cm³/mol. The van der Waals surface area contributed by atoms with Crippen molar-refractivity contribution >= 4 is 0 Å². The Morgan fingerprint density at radius 1 is 1.44 bits per heavy atom. The molecule has 0 heterocycles. The summed E-state index contributed by atoms with van der Waals surface area (Å²) in [7, 11) is 0. The summed E-state index contributed by atoms with van der Waals surface area (Å²) >= 11 is 0. The van der Waals surface area contributed by atoms with Gasteiger partial charge in [-0.05, 0) is 18.2 Å². The monoisotopic (exact) mass is 229 g/mol. The van der Waals surface area contributed by atoms with E-state index in [1.54, 1.807) is 0 Å². The van der Waals surface area contributed by atoms with Crippen LogP contribution in [0.4, 0.5) is 13.2 Å². The summed E-state index contributed by atoms with van der Waals surface area (Å²) in [6.07, 6.45) is 0.619. The van der Waals surface area contributed by atoms with Gasteiger partial charge in [-0.3, -0.25) is 0 Å². The topological polar surface area (TPSA) is 35.2 Å². The average molecular weight is 229 g/mol. The molecule has 0 saturated heterocycles. The highest BCUT2D eigenvalue weighted by atomic mass is 19.4. The van der Waals surface area contributed by atoms with E-state index in [1.807, 2.05) is 0 Å². The molecule has 0 aromatic heterocycles. The van der Waals surface area contributed by atoms with Gasteiger partial charge in [0.1, 0.15) is 18.4 Å². The van der Waals surface area contributed by atoms with Crippen LogP contribution in [-0.2, 0) is 6.18 Å². The van der Waals surface area contributed by atoms with E-state index < -0.39 is 17.8 Å². The maximum atomic E-state index is 12.3. The molecule has 0 aliphatic heterocycles. The van der Waals surface area contributed by atoms with Crippen molar-refractivity contribution in [2.24, 2.45) is 5.73 Å². The van der Waals surface area contributed by atoms with Crippen molar-refractivity contribution in [2.75, 3.05) is 6.61 Å². The minimum atomic E-state index is -4.38. The van der Waals surface area contributed by atoms with Gasteiger partial charge in [-0.1, -0.05) is 12.0 Å². The van der Waals surface area contributed by atoms with Gasteiger partial charge in [-0.15, -0.1) is 6.42 Å². The molecule has 0 amide bonds. The van der Waals surface area contributed by atoms with Gasteiger partial charge < -0.3 is 10.5 Å². The summed E-state index contributed by atoms with van der Waals surface area (Å²) in [5.41, 5.74) is 4.60. The summed E-state index contributed by atoms with van der Waals surface area (Å²) in [6.45, 7) is -0.0161. The van der Waals surface area contributed by atoms with Crippen LogP contribution in [0.5, 0.6) is 5.75 Å². The first-order valence-electron chi connectivity index (χ1n) is 4.45. The van der Waals surface area contributed by atoms with Crippen molar-refractivity contribution in [2.45, 2.75) is 12.2 Å². The zero-order chi connectivity index (χ0) is 12.2. The van der Waals surface area contributed by atoms with Crippen molar-refractivity contribution in [3.8, 4) is 18.1 Å². The fraction of sp³-hybridized carbons (Fsp3) is 0.273. The fourth-order valence-electron chi connectivity index (χ4n) is 0.996. The van der Waals surface area contributed by atoms with Gasteiger partial charge in [0, 0.05) is 0 Å². The van der Waals surface area contributed by atoms with Crippen LogP contribution in [0.15, 0.2) is 24.3 Å². The van der Waals surface area contributed by atoms with Gasteiger partial charge in [0.05, 0.1) is 5.56 Å². The van der Waals surface area contributed by atoms with Gasteiger partial charge in [-0.2, -0.15) is 13.2 Å². The van der Waals surface area contributed by atoms with Crippen LogP contribution in [0, 0.1) is 12.3 Å². The van der Waals surface area contributed by atoms with Crippen molar-refractivity contribution in [1.82, 2.24) is 0 Å². The zero-order valence-electron chi connectivity index (χ0n) is 8.29. The Labute approximate surface area is 91.2 Å². The summed E-state index contributed by atoms with van der Waals surface area (Å²) in [5.74, 6) is 2.31. The Kier molecular flexibility index (Phi) is 3.80. The van der Waals surface area contributed by atoms with E-state index >= 15 is 0 Å².